The van der Waals surface area contributed by atoms with Crippen LogP contribution in [0.4, 0.5) is 22.7 Å². The van der Waals surface area contributed by atoms with Crippen molar-refractivity contribution in [2.75, 3.05) is 22.7 Å². The molecule has 0 unspecified atom stereocenters. The molecule has 0 bridgehead atoms. The number of nitrogens with zero attached hydrogens (tertiary/aromatic N) is 1. The zero-order valence-electron chi connectivity index (χ0n) is 15.6. The number of benzene rings is 2. The summed E-state index contributed by atoms with van der Waals surface area (Å²) in [6.45, 7) is 1.62. The van der Waals surface area contributed by atoms with Crippen LogP contribution in [0.25, 0.3) is 0 Å². The highest BCUT2D eigenvalue weighted by molar-refractivity contribution is 6.03. The first-order valence-electron chi connectivity index (χ1n) is 8.88. The predicted octanol–water partition coefficient (Wildman–Crippen LogP) is 3.76. The van der Waals surface area contributed by atoms with E-state index in [0.29, 0.717) is 28.6 Å². The number of carbonyl (C=O) groups excluding carboxylic acids is 2. The van der Waals surface area contributed by atoms with Crippen molar-refractivity contribution in [1.82, 2.24) is 4.98 Å². The number of rotatable bonds is 5. The van der Waals surface area contributed by atoms with E-state index in [4.69, 9.17) is 9.47 Å². The summed E-state index contributed by atoms with van der Waals surface area (Å²) in [6.07, 6.45) is 1.55. The first-order chi connectivity index (χ1) is 14.1. The van der Waals surface area contributed by atoms with E-state index in [2.05, 4.69) is 20.9 Å². The molecule has 1 aliphatic heterocycles. The molecule has 8 heteroatoms. The van der Waals surface area contributed by atoms with Gasteiger partial charge in [0.05, 0.1) is 0 Å². The average Bonchev–Trinajstić information content (AvgIpc) is 3.16. The Bertz CT molecular complexity index is 1080. The van der Waals surface area contributed by atoms with E-state index in [0.717, 1.165) is 5.69 Å². The molecular weight excluding hydrogens is 372 g/mol. The van der Waals surface area contributed by atoms with Crippen LogP contribution in [-0.2, 0) is 4.79 Å². The van der Waals surface area contributed by atoms with E-state index in [1.807, 2.05) is 12.1 Å². The van der Waals surface area contributed by atoms with E-state index >= 15 is 0 Å². The van der Waals surface area contributed by atoms with Crippen molar-refractivity contribution in [1.29, 1.82) is 0 Å². The van der Waals surface area contributed by atoms with Crippen LogP contribution in [0.1, 0.15) is 17.4 Å². The van der Waals surface area contributed by atoms with Crippen LogP contribution in [0.2, 0.25) is 0 Å². The van der Waals surface area contributed by atoms with E-state index < -0.39 is 0 Å². The fourth-order valence-electron chi connectivity index (χ4n) is 2.85. The molecule has 0 saturated carbocycles. The zero-order chi connectivity index (χ0) is 20.2. The van der Waals surface area contributed by atoms with Crippen molar-refractivity contribution in [3.05, 3.63) is 66.5 Å². The van der Waals surface area contributed by atoms with Gasteiger partial charge in [-0.2, -0.15) is 0 Å². The highest BCUT2D eigenvalue weighted by atomic mass is 16.7. The van der Waals surface area contributed by atoms with Gasteiger partial charge in [-0.15, -0.1) is 0 Å². The predicted molar refractivity (Wildman–Crippen MR) is 109 cm³/mol. The maximum Gasteiger partial charge on any atom is 0.274 e. The molecule has 0 spiro atoms. The third-order valence-electron chi connectivity index (χ3n) is 4.09. The van der Waals surface area contributed by atoms with E-state index in [1.165, 1.54) is 6.92 Å². The Balaban J connectivity index is 1.47. The number of anilines is 4. The van der Waals surface area contributed by atoms with Gasteiger partial charge in [-0.1, -0.05) is 6.07 Å². The molecule has 2 aromatic carbocycles. The SMILES string of the molecule is CC(=O)Nc1cccc(Nc2ccnc(C(=O)Nc3ccc4c(c3)OCO4)c2)c1. The van der Waals surface area contributed by atoms with Crippen LogP contribution in [0, 0.1) is 0 Å². The number of fused-ring (bicyclic) bond motifs is 1. The molecule has 0 radical (unpaired) electrons. The van der Waals surface area contributed by atoms with Crippen LogP contribution in [-0.4, -0.2) is 23.6 Å². The Morgan fingerprint density at radius 3 is 2.48 bits per heavy atom. The Morgan fingerprint density at radius 1 is 0.862 bits per heavy atom. The minimum absolute atomic E-state index is 0.145. The molecule has 0 atom stereocenters. The molecule has 4 rings (SSSR count). The lowest BCUT2D eigenvalue weighted by atomic mass is 10.2. The molecule has 0 aliphatic carbocycles. The molecule has 0 fully saturated rings. The molecular formula is C21H18N4O4. The Hall–Kier alpha value is -4.07. The molecule has 29 heavy (non-hydrogen) atoms. The third kappa shape index (κ3) is 4.44. The van der Waals surface area contributed by atoms with Gasteiger partial charge in [0.15, 0.2) is 11.5 Å². The molecule has 0 saturated heterocycles. The second-order valence-corrected chi connectivity index (χ2v) is 6.34. The van der Waals surface area contributed by atoms with E-state index in [-0.39, 0.29) is 24.3 Å². The molecule has 2 amide bonds. The van der Waals surface area contributed by atoms with E-state index in [1.54, 1.807) is 48.7 Å². The summed E-state index contributed by atoms with van der Waals surface area (Å²) in [4.78, 5) is 27.9. The summed E-state index contributed by atoms with van der Waals surface area (Å²) in [5, 5.41) is 8.73. The quantitative estimate of drug-likeness (QED) is 0.613. The van der Waals surface area contributed by atoms with Gasteiger partial charge in [0.25, 0.3) is 5.91 Å². The van der Waals surface area contributed by atoms with Crippen LogP contribution in [0.5, 0.6) is 11.5 Å². The van der Waals surface area contributed by atoms with Gasteiger partial charge in [0, 0.05) is 41.9 Å². The summed E-state index contributed by atoms with van der Waals surface area (Å²) >= 11 is 0. The lowest BCUT2D eigenvalue weighted by Crippen LogP contribution is -2.13. The van der Waals surface area contributed by atoms with Crippen molar-refractivity contribution in [3.8, 4) is 11.5 Å². The van der Waals surface area contributed by atoms with Crippen LogP contribution in [0.3, 0.4) is 0 Å². The fraction of sp³-hybridized carbons (Fsp3) is 0.0952. The average molecular weight is 390 g/mol. The second-order valence-electron chi connectivity index (χ2n) is 6.34. The molecule has 146 valence electrons. The largest absolute Gasteiger partial charge is 0.454 e. The number of carbonyl (C=O) groups is 2. The van der Waals surface area contributed by atoms with Crippen molar-refractivity contribution < 1.29 is 19.1 Å². The van der Waals surface area contributed by atoms with Gasteiger partial charge in [-0.25, -0.2) is 0 Å². The van der Waals surface area contributed by atoms with Crippen LogP contribution < -0.4 is 25.4 Å². The minimum Gasteiger partial charge on any atom is -0.454 e. The first kappa shape index (κ1) is 18.3. The number of nitrogens with one attached hydrogen (secondary N) is 3. The molecule has 1 aliphatic rings. The molecule has 8 nitrogen and oxygen atoms in total. The number of pyridine rings is 1. The molecule has 3 N–H and O–H groups in total. The molecule has 3 aromatic rings. The molecule has 1 aromatic heterocycles. The van der Waals surface area contributed by atoms with Gasteiger partial charge in [-0.3, -0.25) is 14.6 Å². The summed E-state index contributed by atoms with van der Waals surface area (Å²) in [5.41, 5.74) is 2.98. The van der Waals surface area contributed by atoms with Crippen molar-refractivity contribution >= 4 is 34.6 Å². The van der Waals surface area contributed by atoms with Gasteiger partial charge in [-0.05, 0) is 42.5 Å². The Kier molecular flexibility index (Phi) is 4.98. The van der Waals surface area contributed by atoms with Crippen LogP contribution in [0.15, 0.2) is 60.8 Å². The van der Waals surface area contributed by atoms with Crippen LogP contribution >= 0.6 is 0 Å². The van der Waals surface area contributed by atoms with Gasteiger partial charge >= 0.3 is 0 Å². The highest BCUT2D eigenvalue weighted by Crippen LogP contribution is 2.34. The molecule has 2 heterocycles. The summed E-state index contributed by atoms with van der Waals surface area (Å²) in [6, 6.07) is 15.9. The van der Waals surface area contributed by atoms with Crippen molar-refractivity contribution in [3.63, 3.8) is 0 Å². The summed E-state index contributed by atoms with van der Waals surface area (Å²) in [5.74, 6) is 0.743. The maximum absolute atomic E-state index is 12.6. The lowest BCUT2D eigenvalue weighted by Gasteiger charge is -2.10. The van der Waals surface area contributed by atoms with Crippen molar-refractivity contribution in [2.24, 2.45) is 0 Å². The van der Waals surface area contributed by atoms with E-state index in [9.17, 15) is 9.59 Å². The van der Waals surface area contributed by atoms with Gasteiger partial charge in [0.1, 0.15) is 5.69 Å². The standard InChI is InChI=1S/C21H18N4O4/c1-13(26)23-14-3-2-4-15(9-14)24-17-7-8-22-18(10-17)21(27)25-16-5-6-19-20(11-16)29-12-28-19/h2-11H,12H2,1H3,(H,22,24)(H,23,26)(H,25,27). The zero-order valence-corrected chi connectivity index (χ0v) is 15.6. The number of amides is 2. The number of hydrogen-bond acceptors (Lipinski definition) is 6. The fourth-order valence-corrected chi connectivity index (χ4v) is 2.85. The monoisotopic (exact) mass is 390 g/mol. The topological polar surface area (TPSA) is 102 Å². The highest BCUT2D eigenvalue weighted by Gasteiger charge is 2.15. The lowest BCUT2D eigenvalue weighted by molar-refractivity contribution is -0.114. The Labute approximate surface area is 166 Å². The Morgan fingerprint density at radius 2 is 1.62 bits per heavy atom. The maximum atomic E-state index is 12.6. The number of hydrogen-bond donors (Lipinski definition) is 3. The smallest absolute Gasteiger partial charge is 0.274 e. The minimum atomic E-state index is -0.348. The van der Waals surface area contributed by atoms with Gasteiger partial charge in [0.2, 0.25) is 12.7 Å². The van der Waals surface area contributed by atoms with Gasteiger partial charge < -0.3 is 25.4 Å². The number of aromatic nitrogens is 1. The number of ether oxygens (including phenoxy) is 2. The summed E-state index contributed by atoms with van der Waals surface area (Å²) in [7, 11) is 0. The second kappa shape index (κ2) is 7.89. The first-order valence-corrected chi connectivity index (χ1v) is 8.88. The third-order valence-corrected chi connectivity index (χ3v) is 4.09. The normalized spacial score (nSPS) is 11.6. The van der Waals surface area contributed by atoms with Crippen molar-refractivity contribution in [2.45, 2.75) is 6.92 Å². The summed E-state index contributed by atoms with van der Waals surface area (Å²) < 4.78 is 10.6.